The molecule has 0 amide bonds. The number of rotatable bonds is 7. The third kappa shape index (κ3) is 4.67. The number of aryl methyl sites for hydroxylation is 1. The second-order valence-electron chi connectivity index (χ2n) is 5.59. The summed E-state index contributed by atoms with van der Waals surface area (Å²) in [6, 6.07) is 6.25. The summed E-state index contributed by atoms with van der Waals surface area (Å²) in [5.74, 6) is -1.15. The van der Waals surface area contributed by atoms with Crippen molar-refractivity contribution in [1.29, 1.82) is 0 Å². The van der Waals surface area contributed by atoms with Crippen LogP contribution in [0.25, 0.3) is 5.53 Å². The van der Waals surface area contributed by atoms with Crippen molar-refractivity contribution in [2.75, 3.05) is 26.3 Å². The normalized spacial score (nSPS) is 15.4. The minimum Gasteiger partial charge on any atom is -0.379 e. The number of Topliss-reactive ketones (excluding diaryl/α,β-unsaturated/α-hetero) is 2. The maximum atomic E-state index is 12.5. The molecule has 1 aliphatic rings. The van der Waals surface area contributed by atoms with Crippen molar-refractivity contribution < 1.29 is 27.5 Å². The fraction of sp³-hybridized carbons (Fsp3) is 0.438. The Morgan fingerprint density at radius 2 is 1.80 bits per heavy atom. The molecule has 1 aromatic carbocycles. The minimum atomic E-state index is -3.55. The van der Waals surface area contributed by atoms with E-state index in [0.29, 0.717) is 32.7 Å². The SMILES string of the molecule is CC(=O)C(=[N+]=[N-])C(=O)CCc1ccc(S(=O)(=O)N2CCOCC2)cc1. The smallest absolute Gasteiger partial charge is 0.379 e. The first-order valence-electron chi connectivity index (χ1n) is 7.79. The summed E-state index contributed by atoms with van der Waals surface area (Å²) in [6.45, 7) is 2.56. The minimum absolute atomic E-state index is 0.00542. The van der Waals surface area contributed by atoms with E-state index in [9.17, 15) is 18.0 Å². The van der Waals surface area contributed by atoms with Crippen molar-refractivity contribution in [3.05, 3.63) is 35.4 Å². The average molecular weight is 365 g/mol. The highest BCUT2D eigenvalue weighted by Crippen LogP contribution is 2.18. The van der Waals surface area contributed by atoms with Gasteiger partial charge in [0.25, 0.3) is 0 Å². The second kappa shape index (κ2) is 8.26. The van der Waals surface area contributed by atoms with Gasteiger partial charge >= 0.3 is 5.71 Å². The predicted molar refractivity (Wildman–Crippen MR) is 88.7 cm³/mol. The Hall–Kier alpha value is -2.19. The number of ketones is 2. The van der Waals surface area contributed by atoms with Gasteiger partial charge in [0.15, 0.2) is 0 Å². The van der Waals surface area contributed by atoms with Crippen LogP contribution in [0.1, 0.15) is 18.9 Å². The molecule has 0 saturated carbocycles. The van der Waals surface area contributed by atoms with Crippen LogP contribution in [0.4, 0.5) is 0 Å². The van der Waals surface area contributed by atoms with Gasteiger partial charge in [-0.25, -0.2) is 8.42 Å². The molecule has 8 nitrogen and oxygen atoms in total. The molecule has 25 heavy (non-hydrogen) atoms. The van der Waals surface area contributed by atoms with E-state index in [0.717, 1.165) is 12.5 Å². The molecule has 0 aromatic heterocycles. The standard InChI is InChI=1S/C16H19N3O5S/c1-12(20)16(18-17)15(21)7-4-13-2-5-14(6-3-13)25(22,23)19-8-10-24-11-9-19/h2-3,5-6H,4,7-11H2,1H3. The summed E-state index contributed by atoms with van der Waals surface area (Å²) < 4.78 is 31.5. The van der Waals surface area contributed by atoms with Crippen LogP contribution in [0.2, 0.25) is 0 Å². The average Bonchev–Trinajstić information content (AvgIpc) is 2.61. The highest BCUT2D eigenvalue weighted by atomic mass is 32.2. The Bertz CT molecular complexity index is 805. The summed E-state index contributed by atoms with van der Waals surface area (Å²) in [5.41, 5.74) is 8.95. The van der Waals surface area contributed by atoms with E-state index in [2.05, 4.69) is 4.79 Å². The van der Waals surface area contributed by atoms with Crippen LogP contribution in [-0.2, 0) is 30.8 Å². The summed E-state index contributed by atoms with van der Waals surface area (Å²) in [5, 5.41) is 0. The number of sulfonamides is 1. The van der Waals surface area contributed by atoms with Crippen LogP contribution in [0, 0.1) is 0 Å². The summed E-state index contributed by atoms with van der Waals surface area (Å²) >= 11 is 0. The molecule has 0 atom stereocenters. The molecule has 1 saturated heterocycles. The number of hydrogen-bond acceptors (Lipinski definition) is 5. The molecular weight excluding hydrogens is 346 g/mol. The van der Waals surface area contributed by atoms with Gasteiger partial charge in [0.2, 0.25) is 21.6 Å². The first-order valence-corrected chi connectivity index (χ1v) is 9.23. The van der Waals surface area contributed by atoms with Crippen LogP contribution in [0.3, 0.4) is 0 Å². The van der Waals surface area contributed by atoms with Gasteiger partial charge in [0, 0.05) is 26.4 Å². The van der Waals surface area contributed by atoms with Gasteiger partial charge in [-0.2, -0.15) is 9.10 Å². The molecule has 1 aliphatic heterocycles. The van der Waals surface area contributed by atoms with Crippen molar-refractivity contribution >= 4 is 27.3 Å². The number of benzene rings is 1. The summed E-state index contributed by atoms with van der Waals surface area (Å²) in [6.07, 6.45) is 0.303. The quantitative estimate of drug-likeness (QED) is 0.301. The van der Waals surface area contributed by atoms with E-state index in [4.69, 9.17) is 10.3 Å². The van der Waals surface area contributed by atoms with E-state index < -0.39 is 27.3 Å². The Morgan fingerprint density at radius 1 is 1.20 bits per heavy atom. The predicted octanol–water partition coefficient (Wildman–Crippen LogP) is 0.469. The van der Waals surface area contributed by atoms with Gasteiger partial charge in [-0.15, -0.1) is 0 Å². The third-order valence-electron chi connectivity index (χ3n) is 3.87. The molecule has 9 heteroatoms. The van der Waals surface area contributed by atoms with Gasteiger partial charge in [-0.1, -0.05) is 12.1 Å². The van der Waals surface area contributed by atoms with Crippen LogP contribution in [0.15, 0.2) is 29.2 Å². The Morgan fingerprint density at radius 3 is 2.32 bits per heavy atom. The lowest BCUT2D eigenvalue weighted by molar-refractivity contribution is -0.123. The zero-order valence-corrected chi connectivity index (χ0v) is 14.7. The first-order chi connectivity index (χ1) is 11.9. The fourth-order valence-electron chi connectivity index (χ4n) is 2.46. The molecule has 1 fully saturated rings. The van der Waals surface area contributed by atoms with Gasteiger partial charge in [0.1, 0.15) is 0 Å². The number of morpholine rings is 1. The van der Waals surface area contributed by atoms with Crippen LogP contribution in [-0.4, -0.2) is 61.1 Å². The van der Waals surface area contributed by atoms with Crippen molar-refractivity contribution in [3.63, 3.8) is 0 Å². The summed E-state index contributed by atoms with van der Waals surface area (Å²) in [4.78, 5) is 25.8. The molecule has 0 aliphatic carbocycles. The van der Waals surface area contributed by atoms with Crippen LogP contribution in [0.5, 0.6) is 0 Å². The van der Waals surface area contributed by atoms with E-state index >= 15 is 0 Å². The number of nitrogens with zero attached hydrogens (tertiary/aromatic N) is 3. The van der Waals surface area contributed by atoms with Gasteiger partial charge in [0.05, 0.1) is 18.1 Å². The van der Waals surface area contributed by atoms with E-state index in [1.807, 2.05) is 0 Å². The van der Waals surface area contributed by atoms with Gasteiger partial charge < -0.3 is 10.3 Å². The summed E-state index contributed by atoms with van der Waals surface area (Å²) in [7, 11) is -3.55. The second-order valence-corrected chi connectivity index (χ2v) is 7.53. The molecule has 0 bridgehead atoms. The molecule has 0 unspecified atom stereocenters. The lowest BCUT2D eigenvalue weighted by atomic mass is 10.0. The van der Waals surface area contributed by atoms with Gasteiger partial charge in [-0.05, 0) is 24.1 Å². The maximum absolute atomic E-state index is 12.5. The van der Waals surface area contributed by atoms with Crippen LogP contribution >= 0.6 is 0 Å². The Balaban J connectivity index is 2.03. The fourth-order valence-corrected chi connectivity index (χ4v) is 3.87. The maximum Gasteiger partial charge on any atom is 0.399 e. The Labute approximate surface area is 146 Å². The molecule has 1 heterocycles. The highest BCUT2D eigenvalue weighted by molar-refractivity contribution is 7.89. The lowest BCUT2D eigenvalue weighted by Gasteiger charge is -2.26. The molecule has 0 spiro atoms. The number of carbonyl (C=O) groups is 2. The molecule has 1 aromatic rings. The van der Waals surface area contributed by atoms with E-state index in [1.165, 1.54) is 16.4 Å². The number of hydrogen-bond donors (Lipinski definition) is 0. The van der Waals surface area contributed by atoms with Crippen molar-refractivity contribution in [3.8, 4) is 0 Å². The van der Waals surface area contributed by atoms with Crippen molar-refractivity contribution in [2.24, 2.45) is 0 Å². The number of ether oxygens (including phenoxy) is 1. The first kappa shape index (κ1) is 19.1. The largest absolute Gasteiger partial charge is 0.399 e. The Kier molecular flexibility index (Phi) is 6.33. The molecule has 0 radical (unpaired) electrons. The lowest BCUT2D eigenvalue weighted by Crippen LogP contribution is -2.40. The topological polar surface area (TPSA) is 117 Å². The highest BCUT2D eigenvalue weighted by Gasteiger charge is 2.27. The number of carbonyl (C=O) groups excluding carboxylic acids is 2. The van der Waals surface area contributed by atoms with E-state index in [-0.39, 0.29) is 11.3 Å². The molecule has 0 N–H and O–H groups in total. The molecule has 134 valence electrons. The van der Waals surface area contributed by atoms with E-state index in [1.54, 1.807) is 12.1 Å². The van der Waals surface area contributed by atoms with Gasteiger partial charge in [-0.3, -0.25) is 9.59 Å². The van der Waals surface area contributed by atoms with Crippen molar-refractivity contribution in [2.45, 2.75) is 24.7 Å². The molecular formula is C16H19N3O5S. The zero-order valence-electron chi connectivity index (χ0n) is 13.8. The van der Waals surface area contributed by atoms with Crippen LogP contribution < -0.4 is 0 Å². The molecule has 2 rings (SSSR count). The van der Waals surface area contributed by atoms with Crippen molar-refractivity contribution in [1.82, 2.24) is 4.31 Å². The third-order valence-corrected chi connectivity index (χ3v) is 5.78. The zero-order chi connectivity index (χ0) is 18.4. The monoisotopic (exact) mass is 365 g/mol.